The van der Waals surface area contributed by atoms with Crippen LogP contribution >= 0.6 is 0 Å². The van der Waals surface area contributed by atoms with Crippen molar-refractivity contribution < 1.29 is 9.90 Å². The molecule has 4 nitrogen and oxygen atoms in total. The number of hydrogen-bond donors (Lipinski definition) is 2. The zero-order valence-corrected chi connectivity index (χ0v) is 11.1. The third-order valence-corrected chi connectivity index (χ3v) is 3.46. The Morgan fingerprint density at radius 2 is 2.12 bits per heavy atom. The molecule has 1 amide bonds. The van der Waals surface area contributed by atoms with E-state index in [4.69, 9.17) is 5.11 Å². The van der Waals surface area contributed by atoms with Crippen LogP contribution in [0.2, 0.25) is 0 Å². The predicted octanol–water partition coefficient (Wildman–Crippen LogP) is 1.14. The molecule has 1 aliphatic carbocycles. The molecule has 0 saturated heterocycles. The van der Waals surface area contributed by atoms with Crippen LogP contribution in [0.15, 0.2) is 0 Å². The monoisotopic (exact) mass is 242 g/mol. The lowest BCUT2D eigenvalue weighted by Crippen LogP contribution is -2.43. The van der Waals surface area contributed by atoms with Gasteiger partial charge in [0.25, 0.3) is 0 Å². The van der Waals surface area contributed by atoms with Crippen LogP contribution in [-0.4, -0.2) is 47.7 Å². The van der Waals surface area contributed by atoms with E-state index in [0.717, 1.165) is 19.4 Å². The van der Waals surface area contributed by atoms with Gasteiger partial charge in [-0.15, -0.1) is 0 Å². The quantitative estimate of drug-likeness (QED) is 0.704. The second-order valence-electron chi connectivity index (χ2n) is 4.91. The molecule has 0 bridgehead atoms. The summed E-state index contributed by atoms with van der Waals surface area (Å²) in [6, 6.07) is 0.582. The fourth-order valence-electron chi connectivity index (χ4n) is 2.63. The van der Waals surface area contributed by atoms with Gasteiger partial charge in [-0.1, -0.05) is 19.8 Å². The third kappa shape index (κ3) is 4.64. The number of hydrogen-bond acceptors (Lipinski definition) is 3. The molecule has 0 aromatic heterocycles. The van der Waals surface area contributed by atoms with E-state index in [1.165, 1.54) is 12.8 Å². The molecule has 4 heteroatoms. The summed E-state index contributed by atoms with van der Waals surface area (Å²) in [6.07, 6.45) is 5.15. The summed E-state index contributed by atoms with van der Waals surface area (Å²) in [4.78, 5) is 14.1. The topological polar surface area (TPSA) is 52.6 Å². The first-order valence-electron chi connectivity index (χ1n) is 6.82. The number of aliphatic hydroxyl groups is 1. The van der Waals surface area contributed by atoms with Gasteiger partial charge in [-0.3, -0.25) is 4.79 Å². The molecular formula is C13H26N2O2. The molecule has 0 aromatic carbocycles. The van der Waals surface area contributed by atoms with E-state index in [2.05, 4.69) is 5.32 Å². The molecule has 2 N–H and O–H groups in total. The van der Waals surface area contributed by atoms with Gasteiger partial charge in [-0.05, 0) is 26.3 Å². The van der Waals surface area contributed by atoms with E-state index < -0.39 is 0 Å². The van der Waals surface area contributed by atoms with Crippen molar-refractivity contribution >= 4 is 5.91 Å². The minimum atomic E-state index is 0.0673. The minimum Gasteiger partial charge on any atom is -0.395 e. The van der Waals surface area contributed by atoms with Crippen LogP contribution in [0.1, 0.15) is 46.0 Å². The number of amides is 1. The van der Waals surface area contributed by atoms with Crippen molar-refractivity contribution in [3.63, 3.8) is 0 Å². The highest BCUT2D eigenvalue weighted by Crippen LogP contribution is 2.24. The largest absolute Gasteiger partial charge is 0.395 e. The van der Waals surface area contributed by atoms with Gasteiger partial charge in [0.05, 0.1) is 6.61 Å². The van der Waals surface area contributed by atoms with Crippen LogP contribution in [0.5, 0.6) is 0 Å². The number of aliphatic hydroxyl groups excluding tert-OH is 1. The van der Waals surface area contributed by atoms with Crippen molar-refractivity contribution in [3.05, 3.63) is 0 Å². The lowest BCUT2D eigenvalue weighted by Gasteiger charge is -2.29. The predicted molar refractivity (Wildman–Crippen MR) is 68.8 cm³/mol. The molecule has 0 aromatic rings. The average molecular weight is 242 g/mol. The number of rotatable bonds is 7. The molecule has 0 aliphatic heterocycles. The van der Waals surface area contributed by atoms with Crippen molar-refractivity contribution in [1.29, 1.82) is 0 Å². The SMILES string of the molecule is CCNC(C)CC(=O)N(CCO)C1CCCC1. The van der Waals surface area contributed by atoms with Gasteiger partial charge in [0, 0.05) is 25.0 Å². The Hall–Kier alpha value is -0.610. The minimum absolute atomic E-state index is 0.0673. The van der Waals surface area contributed by atoms with Crippen molar-refractivity contribution in [3.8, 4) is 0 Å². The fourth-order valence-corrected chi connectivity index (χ4v) is 2.63. The van der Waals surface area contributed by atoms with Gasteiger partial charge < -0.3 is 15.3 Å². The highest BCUT2D eigenvalue weighted by Gasteiger charge is 2.26. The van der Waals surface area contributed by atoms with Crippen LogP contribution in [0.3, 0.4) is 0 Å². The van der Waals surface area contributed by atoms with Gasteiger partial charge in [0.15, 0.2) is 0 Å². The van der Waals surface area contributed by atoms with Gasteiger partial charge >= 0.3 is 0 Å². The van der Waals surface area contributed by atoms with Crippen LogP contribution in [-0.2, 0) is 4.79 Å². The van der Waals surface area contributed by atoms with E-state index in [9.17, 15) is 4.79 Å². The average Bonchev–Trinajstić information content (AvgIpc) is 2.79. The summed E-state index contributed by atoms with van der Waals surface area (Å²) in [5.74, 6) is 0.180. The number of nitrogens with one attached hydrogen (secondary N) is 1. The van der Waals surface area contributed by atoms with E-state index in [1.54, 1.807) is 0 Å². The van der Waals surface area contributed by atoms with Crippen LogP contribution < -0.4 is 5.32 Å². The van der Waals surface area contributed by atoms with E-state index in [-0.39, 0.29) is 18.6 Å². The van der Waals surface area contributed by atoms with E-state index in [1.807, 2.05) is 18.7 Å². The Kier molecular flexibility index (Phi) is 6.52. The summed E-state index contributed by atoms with van der Waals surface area (Å²) in [6.45, 7) is 5.52. The van der Waals surface area contributed by atoms with Crippen molar-refractivity contribution in [2.45, 2.75) is 58.0 Å². The maximum Gasteiger partial charge on any atom is 0.224 e. The normalized spacial score (nSPS) is 18.3. The summed E-state index contributed by atoms with van der Waals surface area (Å²) >= 11 is 0. The molecule has 1 fully saturated rings. The molecule has 1 saturated carbocycles. The van der Waals surface area contributed by atoms with Crippen LogP contribution in [0.4, 0.5) is 0 Å². The maximum absolute atomic E-state index is 12.2. The molecule has 17 heavy (non-hydrogen) atoms. The number of nitrogens with zero attached hydrogens (tertiary/aromatic N) is 1. The molecule has 100 valence electrons. The van der Waals surface area contributed by atoms with Gasteiger partial charge in [0.2, 0.25) is 5.91 Å². The second-order valence-corrected chi connectivity index (χ2v) is 4.91. The smallest absolute Gasteiger partial charge is 0.224 e. The lowest BCUT2D eigenvalue weighted by atomic mass is 10.1. The standard InChI is InChI=1S/C13H26N2O2/c1-3-14-11(2)10-13(17)15(8-9-16)12-6-4-5-7-12/h11-12,14,16H,3-10H2,1-2H3. The Labute approximate surface area is 104 Å². The Morgan fingerprint density at radius 1 is 1.47 bits per heavy atom. The lowest BCUT2D eigenvalue weighted by molar-refractivity contribution is -0.134. The number of carbonyl (C=O) groups excluding carboxylic acids is 1. The molecule has 0 heterocycles. The van der Waals surface area contributed by atoms with Crippen LogP contribution in [0.25, 0.3) is 0 Å². The highest BCUT2D eigenvalue weighted by atomic mass is 16.3. The molecule has 1 rings (SSSR count). The zero-order valence-electron chi connectivity index (χ0n) is 11.1. The summed E-state index contributed by atoms with van der Waals surface area (Å²) < 4.78 is 0. The Morgan fingerprint density at radius 3 is 2.65 bits per heavy atom. The summed E-state index contributed by atoms with van der Waals surface area (Å²) in [7, 11) is 0. The zero-order chi connectivity index (χ0) is 12.7. The molecule has 0 radical (unpaired) electrons. The molecular weight excluding hydrogens is 216 g/mol. The summed E-state index contributed by atoms with van der Waals surface area (Å²) in [5, 5.41) is 12.3. The Bertz CT molecular complexity index is 227. The van der Waals surface area contributed by atoms with Crippen molar-refractivity contribution in [2.24, 2.45) is 0 Å². The van der Waals surface area contributed by atoms with Crippen molar-refractivity contribution in [1.82, 2.24) is 10.2 Å². The van der Waals surface area contributed by atoms with E-state index in [0.29, 0.717) is 19.0 Å². The van der Waals surface area contributed by atoms with Crippen LogP contribution in [0, 0.1) is 0 Å². The third-order valence-electron chi connectivity index (χ3n) is 3.46. The number of carbonyl (C=O) groups is 1. The van der Waals surface area contributed by atoms with Crippen molar-refractivity contribution in [2.75, 3.05) is 19.7 Å². The Balaban J connectivity index is 2.47. The molecule has 0 spiro atoms. The van der Waals surface area contributed by atoms with E-state index >= 15 is 0 Å². The summed E-state index contributed by atoms with van der Waals surface area (Å²) in [5.41, 5.74) is 0. The molecule has 1 aliphatic rings. The second kappa shape index (κ2) is 7.67. The molecule has 1 atom stereocenters. The first kappa shape index (κ1) is 14.5. The van der Waals surface area contributed by atoms with Gasteiger partial charge in [-0.25, -0.2) is 0 Å². The van der Waals surface area contributed by atoms with Gasteiger partial charge in [-0.2, -0.15) is 0 Å². The van der Waals surface area contributed by atoms with Gasteiger partial charge in [0.1, 0.15) is 0 Å². The first-order chi connectivity index (χ1) is 8.19. The molecule has 1 unspecified atom stereocenters. The fraction of sp³-hybridized carbons (Fsp3) is 0.923. The first-order valence-corrected chi connectivity index (χ1v) is 6.82. The maximum atomic E-state index is 12.2. The highest BCUT2D eigenvalue weighted by molar-refractivity contribution is 5.77.